The molecule has 2 N–H and O–H groups in total. The molecule has 1 heterocycles. The van der Waals surface area contributed by atoms with E-state index in [9.17, 15) is 9.90 Å². The number of hydrogen-bond acceptors (Lipinski definition) is 3. The number of pyridine rings is 1. The molecule has 0 saturated heterocycles. The molecular formula is C20H18N2O2. The largest absolute Gasteiger partial charge is 0.392 e. The van der Waals surface area contributed by atoms with Gasteiger partial charge >= 0.3 is 0 Å². The van der Waals surface area contributed by atoms with E-state index >= 15 is 0 Å². The summed E-state index contributed by atoms with van der Waals surface area (Å²) >= 11 is 0. The SMILES string of the molecule is C/C(NC(=O)c1ccc2ncccc2c1)=C(\CO)c1ccccc1. The second-order valence-corrected chi connectivity index (χ2v) is 5.49. The van der Waals surface area contributed by atoms with Crippen LogP contribution in [-0.4, -0.2) is 22.6 Å². The molecule has 0 aliphatic heterocycles. The number of amides is 1. The lowest BCUT2D eigenvalue weighted by atomic mass is 10.0. The Balaban J connectivity index is 1.88. The van der Waals surface area contributed by atoms with E-state index in [1.54, 1.807) is 19.2 Å². The third kappa shape index (κ3) is 3.34. The van der Waals surface area contributed by atoms with E-state index in [1.807, 2.05) is 54.6 Å². The fraction of sp³-hybridized carbons (Fsp3) is 0.100. The molecule has 120 valence electrons. The third-order valence-electron chi connectivity index (χ3n) is 3.90. The molecule has 2 aromatic carbocycles. The van der Waals surface area contributed by atoms with Crippen LogP contribution in [0, 0.1) is 0 Å². The maximum absolute atomic E-state index is 12.5. The molecule has 3 rings (SSSR count). The highest BCUT2D eigenvalue weighted by Gasteiger charge is 2.10. The van der Waals surface area contributed by atoms with Crippen molar-refractivity contribution >= 4 is 22.4 Å². The van der Waals surface area contributed by atoms with E-state index in [0.717, 1.165) is 16.5 Å². The fourth-order valence-electron chi connectivity index (χ4n) is 2.60. The van der Waals surface area contributed by atoms with Gasteiger partial charge in [-0.3, -0.25) is 9.78 Å². The summed E-state index contributed by atoms with van der Waals surface area (Å²) in [7, 11) is 0. The van der Waals surface area contributed by atoms with Crippen molar-refractivity contribution in [1.29, 1.82) is 0 Å². The number of aliphatic hydroxyl groups excluding tert-OH is 1. The van der Waals surface area contributed by atoms with E-state index in [-0.39, 0.29) is 12.5 Å². The minimum absolute atomic E-state index is 0.141. The molecule has 3 aromatic rings. The van der Waals surface area contributed by atoms with Gasteiger partial charge in [0.1, 0.15) is 0 Å². The number of carbonyl (C=O) groups is 1. The summed E-state index contributed by atoms with van der Waals surface area (Å²) in [5, 5.41) is 13.4. The van der Waals surface area contributed by atoms with Crippen LogP contribution in [0.25, 0.3) is 16.5 Å². The van der Waals surface area contributed by atoms with Crippen LogP contribution in [-0.2, 0) is 0 Å². The van der Waals surface area contributed by atoms with Gasteiger partial charge < -0.3 is 10.4 Å². The summed E-state index contributed by atoms with van der Waals surface area (Å²) < 4.78 is 0. The molecule has 4 nitrogen and oxygen atoms in total. The average molecular weight is 318 g/mol. The van der Waals surface area contributed by atoms with Crippen LogP contribution >= 0.6 is 0 Å². The molecule has 0 fully saturated rings. The first-order valence-electron chi connectivity index (χ1n) is 7.71. The van der Waals surface area contributed by atoms with Gasteiger partial charge in [0.2, 0.25) is 0 Å². The van der Waals surface area contributed by atoms with Crippen molar-refractivity contribution in [2.75, 3.05) is 6.61 Å². The third-order valence-corrected chi connectivity index (χ3v) is 3.90. The second kappa shape index (κ2) is 7.06. The van der Waals surface area contributed by atoms with Crippen molar-refractivity contribution < 1.29 is 9.90 Å². The molecule has 1 aromatic heterocycles. The molecule has 0 aliphatic carbocycles. The topological polar surface area (TPSA) is 62.2 Å². The van der Waals surface area contributed by atoms with E-state index < -0.39 is 0 Å². The number of aromatic nitrogens is 1. The first kappa shape index (κ1) is 15.9. The predicted molar refractivity (Wildman–Crippen MR) is 95.3 cm³/mol. The second-order valence-electron chi connectivity index (χ2n) is 5.49. The summed E-state index contributed by atoms with van der Waals surface area (Å²) in [5.74, 6) is -0.208. The van der Waals surface area contributed by atoms with Crippen LogP contribution in [0.3, 0.4) is 0 Å². The van der Waals surface area contributed by atoms with Crippen molar-refractivity contribution in [3.8, 4) is 0 Å². The van der Waals surface area contributed by atoms with Gasteiger partial charge in [0.15, 0.2) is 0 Å². The van der Waals surface area contributed by atoms with E-state index in [4.69, 9.17) is 0 Å². The zero-order chi connectivity index (χ0) is 16.9. The molecule has 0 aliphatic rings. The Morgan fingerprint density at radius 2 is 1.83 bits per heavy atom. The Kier molecular flexibility index (Phi) is 4.68. The molecule has 1 amide bonds. The van der Waals surface area contributed by atoms with Crippen LogP contribution in [0.4, 0.5) is 0 Å². The van der Waals surface area contributed by atoms with Crippen molar-refractivity contribution in [1.82, 2.24) is 10.3 Å². The fourth-order valence-corrected chi connectivity index (χ4v) is 2.60. The Morgan fingerprint density at radius 3 is 2.58 bits per heavy atom. The number of nitrogens with one attached hydrogen (secondary N) is 1. The van der Waals surface area contributed by atoms with Crippen molar-refractivity contribution in [3.05, 3.63) is 83.7 Å². The smallest absolute Gasteiger partial charge is 0.255 e. The highest BCUT2D eigenvalue weighted by Crippen LogP contribution is 2.18. The number of allylic oxidation sites excluding steroid dienone is 1. The predicted octanol–water partition coefficient (Wildman–Crippen LogP) is 3.39. The van der Waals surface area contributed by atoms with Gasteiger partial charge in [0.05, 0.1) is 12.1 Å². The Hall–Kier alpha value is -2.98. The van der Waals surface area contributed by atoms with Crippen molar-refractivity contribution in [3.63, 3.8) is 0 Å². The number of rotatable bonds is 4. The van der Waals surface area contributed by atoms with E-state index in [0.29, 0.717) is 16.8 Å². The monoisotopic (exact) mass is 318 g/mol. The van der Waals surface area contributed by atoms with Gasteiger partial charge in [0.25, 0.3) is 5.91 Å². The molecule has 0 atom stereocenters. The summed E-state index contributed by atoms with van der Waals surface area (Å²) in [4.78, 5) is 16.8. The number of nitrogens with zero attached hydrogens (tertiary/aromatic N) is 1. The molecule has 0 spiro atoms. The standard InChI is InChI=1S/C20H18N2O2/c1-14(18(13-23)15-6-3-2-4-7-15)22-20(24)17-9-10-19-16(12-17)8-5-11-21-19/h2-12,23H,13H2,1H3,(H,22,24)/b18-14-. The molecule has 24 heavy (non-hydrogen) atoms. The number of aliphatic hydroxyl groups is 1. The molecule has 4 heteroatoms. The minimum atomic E-state index is -0.208. The molecule has 0 saturated carbocycles. The first-order chi connectivity index (χ1) is 11.7. The maximum Gasteiger partial charge on any atom is 0.255 e. The lowest BCUT2D eigenvalue weighted by molar-refractivity contribution is 0.0966. The van der Waals surface area contributed by atoms with Crippen molar-refractivity contribution in [2.45, 2.75) is 6.92 Å². The van der Waals surface area contributed by atoms with Gasteiger partial charge in [-0.1, -0.05) is 36.4 Å². The van der Waals surface area contributed by atoms with Gasteiger partial charge in [-0.2, -0.15) is 0 Å². The van der Waals surface area contributed by atoms with Crippen molar-refractivity contribution in [2.24, 2.45) is 0 Å². The minimum Gasteiger partial charge on any atom is -0.392 e. The zero-order valence-corrected chi connectivity index (χ0v) is 13.4. The lowest BCUT2D eigenvalue weighted by Gasteiger charge is -2.12. The van der Waals surface area contributed by atoms with Gasteiger partial charge in [-0.05, 0) is 36.8 Å². The summed E-state index contributed by atoms with van der Waals surface area (Å²) in [6, 6.07) is 18.7. The first-order valence-corrected chi connectivity index (χ1v) is 7.71. The van der Waals surface area contributed by atoms with E-state index in [2.05, 4.69) is 10.3 Å². The van der Waals surface area contributed by atoms with E-state index in [1.165, 1.54) is 0 Å². The number of fused-ring (bicyclic) bond motifs is 1. The molecule has 0 radical (unpaired) electrons. The quantitative estimate of drug-likeness (QED) is 0.775. The van der Waals surface area contributed by atoms with Crippen LogP contribution in [0.2, 0.25) is 0 Å². The molecular weight excluding hydrogens is 300 g/mol. The summed E-state index contributed by atoms with van der Waals surface area (Å²) in [5.41, 5.74) is 3.63. The highest BCUT2D eigenvalue weighted by atomic mass is 16.3. The molecule has 0 bridgehead atoms. The summed E-state index contributed by atoms with van der Waals surface area (Å²) in [6.45, 7) is 1.65. The zero-order valence-electron chi connectivity index (χ0n) is 13.4. The van der Waals surface area contributed by atoms with Gasteiger partial charge in [-0.25, -0.2) is 0 Å². The van der Waals surface area contributed by atoms with Crippen LogP contribution in [0.5, 0.6) is 0 Å². The Morgan fingerprint density at radius 1 is 1.04 bits per heavy atom. The van der Waals surface area contributed by atoms with Crippen LogP contribution in [0.15, 0.2) is 72.6 Å². The number of carbonyl (C=O) groups excluding carboxylic acids is 1. The normalized spacial score (nSPS) is 11.9. The van der Waals surface area contributed by atoms with Crippen LogP contribution < -0.4 is 5.32 Å². The van der Waals surface area contributed by atoms with Gasteiger partial charge in [0, 0.05) is 28.4 Å². The van der Waals surface area contributed by atoms with Crippen LogP contribution in [0.1, 0.15) is 22.8 Å². The number of hydrogen-bond donors (Lipinski definition) is 2. The maximum atomic E-state index is 12.5. The average Bonchev–Trinajstić information content (AvgIpc) is 2.62. The Bertz CT molecular complexity index is 902. The van der Waals surface area contributed by atoms with Gasteiger partial charge in [-0.15, -0.1) is 0 Å². The summed E-state index contributed by atoms with van der Waals surface area (Å²) in [6.07, 6.45) is 1.72. The molecule has 0 unspecified atom stereocenters. The Labute approximate surface area is 140 Å². The highest BCUT2D eigenvalue weighted by molar-refractivity contribution is 5.99. The lowest BCUT2D eigenvalue weighted by Crippen LogP contribution is -2.23. The number of benzene rings is 2.